The van der Waals surface area contributed by atoms with E-state index < -0.39 is 0 Å². The van der Waals surface area contributed by atoms with Crippen molar-refractivity contribution in [1.82, 2.24) is 9.13 Å². The van der Waals surface area contributed by atoms with Crippen LogP contribution in [0, 0.1) is 17.9 Å². The summed E-state index contributed by atoms with van der Waals surface area (Å²) >= 11 is 0. The molecule has 222 valence electrons. The molecule has 0 saturated heterocycles. The Morgan fingerprint density at radius 1 is 0.500 bits per heavy atom. The summed E-state index contributed by atoms with van der Waals surface area (Å²) in [6.45, 7) is 7.61. The molecule has 0 atom stereocenters. The smallest absolute Gasteiger partial charge is 0.188 e. The Morgan fingerprint density at radius 2 is 1.06 bits per heavy atom. The highest BCUT2D eigenvalue weighted by atomic mass is 15.0. The molecule has 0 aliphatic carbocycles. The van der Waals surface area contributed by atoms with E-state index in [0.717, 1.165) is 55.4 Å². The summed E-state index contributed by atoms with van der Waals surface area (Å²) in [6.07, 6.45) is 0. The van der Waals surface area contributed by atoms with Crippen molar-refractivity contribution in [2.24, 2.45) is 0 Å². The van der Waals surface area contributed by atoms with E-state index in [4.69, 9.17) is 6.57 Å². The first-order valence-corrected chi connectivity index (χ1v) is 15.9. The van der Waals surface area contributed by atoms with Gasteiger partial charge in [0.05, 0.1) is 46.0 Å². The Labute approximate surface area is 277 Å². The van der Waals surface area contributed by atoms with Crippen LogP contribution >= 0.6 is 0 Å². The van der Waals surface area contributed by atoms with Gasteiger partial charge in [-0.2, -0.15) is 5.26 Å². The van der Waals surface area contributed by atoms with Crippen LogP contribution in [-0.4, -0.2) is 9.13 Å². The number of nitriles is 1. The minimum Gasteiger partial charge on any atom is -0.309 e. The number of para-hydroxylation sites is 3. The minimum atomic E-state index is 0.602. The van der Waals surface area contributed by atoms with E-state index in [9.17, 15) is 5.26 Å². The fourth-order valence-corrected chi connectivity index (χ4v) is 7.34. The first-order chi connectivity index (χ1) is 23.7. The molecule has 0 amide bonds. The van der Waals surface area contributed by atoms with Crippen molar-refractivity contribution >= 4 is 49.3 Å². The van der Waals surface area contributed by atoms with Crippen molar-refractivity contribution in [2.45, 2.75) is 0 Å². The van der Waals surface area contributed by atoms with E-state index >= 15 is 0 Å². The molecule has 0 spiro atoms. The molecule has 4 nitrogen and oxygen atoms in total. The zero-order chi connectivity index (χ0) is 32.2. The summed E-state index contributed by atoms with van der Waals surface area (Å²) in [5.74, 6) is 0. The van der Waals surface area contributed by atoms with Gasteiger partial charge in [-0.15, -0.1) is 0 Å². The third-order valence-electron chi connectivity index (χ3n) is 9.40. The van der Waals surface area contributed by atoms with Gasteiger partial charge in [0.15, 0.2) is 5.69 Å². The number of benzene rings is 7. The number of hydrogen-bond donors (Lipinski definition) is 0. The predicted molar refractivity (Wildman–Crippen MR) is 197 cm³/mol. The molecule has 2 heterocycles. The van der Waals surface area contributed by atoms with Gasteiger partial charge in [0.2, 0.25) is 0 Å². The Balaban J connectivity index is 1.25. The molecule has 0 N–H and O–H groups in total. The number of rotatable bonds is 4. The van der Waals surface area contributed by atoms with Crippen LogP contribution in [0.25, 0.3) is 82.1 Å². The minimum absolute atomic E-state index is 0.602. The van der Waals surface area contributed by atoms with Crippen LogP contribution in [0.4, 0.5) is 5.69 Å². The van der Waals surface area contributed by atoms with Gasteiger partial charge in [-0.3, -0.25) is 0 Å². The van der Waals surface area contributed by atoms with Crippen LogP contribution in [0.1, 0.15) is 5.56 Å². The molecule has 48 heavy (non-hydrogen) atoms. The average molecular weight is 611 g/mol. The van der Waals surface area contributed by atoms with Gasteiger partial charge in [-0.05, 0) is 76.7 Å². The van der Waals surface area contributed by atoms with Crippen molar-refractivity contribution in [2.75, 3.05) is 0 Å². The second-order valence-corrected chi connectivity index (χ2v) is 11.9. The monoisotopic (exact) mass is 610 g/mol. The molecule has 0 radical (unpaired) electrons. The highest BCUT2D eigenvalue weighted by Gasteiger charge is 2.20. The Bertz CT molecular complexity index is 2750. The lowest BCUT2D eigenvalue weighted by molar-refractivity contribution is 1.18. The lowest BCUT2D eigenvalue weighted by Gasteiger charge is -2.18. The standard InChI is InChI=1S/C44H26N4/c1-46-31-23-26-42-38(27-31)36-15-6-9-19-41(36)48(42)43-20-10-11-30(28-45)44(43)37-16-3-2-12-33(37)29-21-24-32(25-22-29)47-39-17-7-4-13-34(39)35-14-5-8-18-40(35)47/h2-27H. The fraction of sp³-hybridized carbons (Fsp3) is 0. The first kappa shape index (κ1) is 27.4. The van der Waals surface area contributed by atoms with E-state index in [-0.39, 0.29) is 0 Å². The lowest BCUT2D eigenvalue weighted by atomic mass is 9.90. The van der Waals surface area contributed by atoms with E-state index in [1.165, 1.54) is 21.8 Å². The molecular weight excluding hydrogens is 585 g/mol. The van der Waals surface area contributed by atoms with Gasteiger partial charge in [-0.25, -0.2) is 4.85 Å². The maximum absolute atomic E-state index is 10.5. The van der Waals surface area contributed by atoms with Crippen LogP contribution in [0.2, 0.25) is 0 Å². The van der Waals surface area contributed by atoms with Gasteiger partial charge in [-0.1, -0.05) is 103 Å². The average Bonchev–Trinajstić information content (AvgIpc) is 3.67. The molecule has 0 fully saturated rings. The summed E-state index contributed by atoms with van der Waals surface area (Å²) in [4.78, 5) is 3.70. The Kier molecular flexibility index (Phi) is 6.22. The third-order valence-corrected chi connectivity index (χ3v) is 9.40. The second-order valence-electron chi connectivity index (χ2n) is 11.9. The van der Waals surface area contributed by atoms with Crippen LogP contribution in [0.5, 0.6) is 0 Å². The molecule has 7 aromatic carbocycles. The van der Waals surface area contributed by atoms with Gasteiger partial charge in [0.25, 0.3) is 0 Å². The maximum Gasteiger partial charge on any atom is 0.188 e. The number of nitrogens with zero attached hydrogens (tertiary/aromatic N) is 4. The van der Waals surface area contributed by atoms with E-state index in [1.807, 2.05) is 48.5 Å². The highest BCUT2D eigenvalue weighted by Crippen LogP contribution is 2.42. The SMILES string of the molecule is [C-]#[N+]c1ccc2c(c1)c1ccccc1n2-c1cccc(C#N)c1-c1ccccc1-c1ccc(-n2c3ccccc3c3ccccc32)cc1. The molecule has 0 bridgehead atoms. The van der Waals surface area contributed by atoms with Crippen LogP contribution in [0.15, 0.2) is 158 Å². The van der Waals surface area contributed by atoms with Crippen molar-refractivity contribution in [3.8, 4) is 39.7 Å². The zero-order valence-corrected chi connectivity index (χ0v) is 25.8. The summed E-state index contributed by atoms with van der Waals surface area (Å²) < 4.78 is 4.56. The molecule has 9 rings (SSSR count). The van der Waals surface area contributed by atoms with E-state index in [2.05, 4.69) is 129 Å². The van der Waals surface area contributed by atoms with Gasteiger partial charge in [0, 0.05) is 27.4 Å². The number of hydrogen-bond acceptors (Lipinski definition) is 1. The molecule has 4 heteroatoms. The summed E-state index contributed by atoms with van der Waals surface area (Å²) in [5.41, 5.74) is 11.6. The van der Waals surface area contributed by atoms with Crippen molar-refractivity contribution in [3.05, 3.63) is 175 Å². The number of fused-ring (bicyclic) bond motifs is 6. The Morgan fingerprint density at radius 3 is 1.71 bits per heavy atom. The molecule has 0 aliphatic rings. The molecule has 2 aromatic heterocycles. The molecule has 0 aliphatic heterocycles. The third kappa shape index (κ3) is 4.07. The first-order valence-electron chi connectivity index (χ1n) is 15.9. The number of aromatic nitrogens is 2. The summed E-state index contributed by atoms with van der Waals surface area (Å²) in [5, 5.41) is 15.0. The van der Waals surface area contributed by atoms with Crippen molar-refractivity contribution in [1.29, 1.82) is 5.26 Å². The zero-order valence-electron chi connectivity index (χ0n) is 25.8. The van der Waals surface area contributed by atoms with Gasteiger partial charge >= 0.3 is 0 Å². The molecule has 9 aromatic rings. The maximum atomic E-state index is 10.5. The quantitative estimate of drug-likeness (QED) is 0.183. The molecule has 0 unspecified atom stereocenters. The largest absolute Gasteiger partial charge is 0.309 e. The van der Waals surface area contributed by atoms with Crippen LogP contribution in [-0.2, 0) is 0 Å². The Hall–Kier alpha value is -6.88. The van der Waals surface area contributed by atoms with Gasteiger partial charge < -0.3 is 9.13 Å². The topological polar surface area (TPSA) is 38.0 Å². The lowest BCUT2D eigenvalue weighted by Crippen LogP contribution is -2.00. The van der Waals surface area contributed by atoms with E-state index in [0.29, 0.717) is 11.3 Å². The van der Waals surface area contributed by atoms with Crippen molar-refractivity contribution in [3.63, 3.8) is 0 Å². The molecular formula is C44H26N4. The second kappa shape index (κ2) is 10.9. The summed E-state index contributed by atoms with van der Waals surface area (Å²) in [6, 6.07) is 56.7. The predicted octanol–water partition coefficient (Wildman–Crippen LogP) is 11.6. The van der Waals surface area contributed by atoms with Crippen molar-refractivity contribution < 1.29 is 0 Å². The van der Waals surface area contributed by atoms with Crippen LogP contribution in [0.3, 0.4) is 0 Å². The molecule has 0 saturated carbocycles. The summed E-state index contributed by atoms with van der Waals surface area (Å²) in [7, 11) is 0. The van der Waals surface area contributed by atoms with Crippen LogP contribution < -0.4 is 0 Å². The normalized spacial score (nSPS) is 11.3. The van der Waals surface area contributed by atoms with Gasteiger partial charge in [0.1, 0.15) is 0 Å². The fourth-order valence-electron chi connectivity index (χ4n) is 7.34. The van der Waals surface area contributed by atoms with E-state index in [1.54, 1.807) is 0 Å². The highest BCUT2D eigenvalue weighted by molar-refractivity contribution is 6.11.